The summed E-state index contributed by atoms with van der Waals surface area (Å²) in [5.41, 5.74) is 9.95. The zero-order valence-corrected chi connectivity index (χ0v) is 24.9. The number of nitrogens with zero attached hydrogens (tertiary/aromatic N) is 9. The second-order valence-corrected chi connectivity index (χ2v) is 11.5. The molecule has 1 amide bonds. The van der Waals surface area contributed by atoms with Crippen LogP contribution in [0.3, 0.4) is 0 Å². The largest absolute Gasteiger partial charge is 0.480 e. The van der Waals surface area contributed by atoms with Gasteiger partial charge < -0.3 is 21.1 Å². The van der Waals surface area contributed by atoms with E-state index in [-0.39, 0.29) is 5.91 Å². The Hall–Kier alpha value is -4.96. The minimum atomic E-state index is -1.04. The Kier molecular flexibility index (Phi) is 8.87. The Morgan fingerprint density at radius 1 is 0.860 bits per heavy atom. The summed E-state index contributed by atoms with van der Waals surface area (Å²) in [6, 6.07) is 19.9. The molecule has 16 heteroatoms. The summed E-state index contributed by atoms with van der Waals surface area (Å²) in [5, 5.41) is 37.5. The Labute approximate surface area is 254 Å². The van der Waals surface area contributed by atoms with Crippen LogP contribution in [-0.2, 0) is 9.59 Å². The molecule has 5 aromatic rings. The van der Waals surface area contributed by atoms with Crippen LogP contribution in [-0.4, -0.2) is 69.5 Å². The van der Waals surface area contributed by atoms with Gasteiger partial charge in [0.25, 0.3) is 0 Å². The highest BCUT2D eigenvalue weighted by molar-refractivity contribution is 8.76. The maximum absolute atomic E-state index is 13.4. The molecule has 3 aromatic carbocycles. The van der Waals surface area contributed by atoms with Crippen LogP contribution in [0.15, 0.2) is 83.1 Å². The van der Waals surface area contributed by atoms with Crippen molar-refractivity contribution in [2.45, 2.75) is 43.2 Å². The maximum Gasteiger partial charge on any atom is 0.326 e. The molecule has 4 N–H and O–H groups in total. The van der Waals surface area contributed by atoms with Crippen molar-refractivity contribution < 1.29 is 14.7 Å². The van der Waals surface area contributed by atoms with Crippen molar-refractivity contribution in [3.8, 4) is 11.4 Å². The van der Waals surface area contributed by atoms with Gasteiger partial charge in [0, 0.05) is 17.1 Å². The molecular weight excluding hydrogens is 591 g/mol. The van der Waals surface area contributed by atoms with E-state index in [0.29, 0.717) is 38.7 Å². The molecule has 5 rings (SSSR count). The molecule has 0 spiro atoms. The number of aromatic nitrogens is 8. The third-order valence-electron chi connectivity index (χ3n) is 6.45. The molecule has 220 valence electrons. The zero-order chi connectivity index (χ0) is 30.5. The molecule has 14 nitrogen and oxygen atoms in total. The smallest absolute Gasteiger partial charge is 0.326 e. The number of amides is 1. The zero-order valence-electron chi connectivity index (χ0n) is 23.3. The van der Waals surface area contributed by atoms with Gasteiger partial charge >= 0.3 is 5.97 Å². The number of nitrogen functional groups attached to an aromatic ring is 1. The first-order valence-corrected chi connectivity index (χ1v) is 15.1. The Bertz CT molecular complexity index is 1740. The molecule has 0 aliphatic carbocycles. The van der Waals surface area contributed by atoms with Crippen molar-refractivity contribution in [1.82, 2.24) is 40.4 Å². The van der Waals surface area contributed by atoms with E-state index in [2.05, 4.69) is 36.4 Å². The summed E-state index contributed by atoms with van der Waals surface area (Å²) >= 11 is 0. The van der Waals surface area contributed by atoms with Crippen LogP contribution in [0.25, 0.3) is 11.4 Å². The van der Waals surface area contributed by atoms with Crippen LogP contribution in [0.5, 0.6) is 0 Å². The van der Waals surface area contributed by atoms with Gasteiger partial charge in [0.1, 0.15) is 12.1 Å². The lowest BCUT2D eigenvalue weighted by Gasteiger charge is -2.33. The van der Waals surface area contributed by atoms with E-state index in [1.807, 2.05) is 43.3 Å². The Balaban J connectivity index is 1.31. The molecule has 43 heavy (non-hydrogen) atoms. The van der Waals surface area contributed by atoms with Crippen LogP contribution < -0.4 is 16.0 Å². The van der Waals surface area contributed by atoms with Crippen LogP contribution in [0.1, 0.15) is 19.4 Å². The summed E-state index contributed by atoms with van der Waals surface area (Å²) in [4.78, 5) is 26.8. The predicted octanol–water partition coefficient (Wildman–Crippen LogP) is 3.63. The van der Waals surface area contributed by atoms with Gasteiger partial charge in [-0.2, -0.15) is 9.36 Å². The topological polar surface area (TPSA) is 183 Å². The van der Waals surface area contributed by atoms with Gasteiger partial charge in [-0.15, -0.1) is 10.2 Å². The highest BCUT2D eigenvalue weighted by Crippen LogP contribution is 2.36. The lowest BCUT2D eigenvalue weighted by molar-refractivity contribution is -0.138. The van der Waals surface area contributed by atoms with E-state index in [1.54, 1.807) is 59.8 Å². The number of aliphatic carboxylic acids is 1. The monoisotopic (exact) mass is 617 g/mol. The standard InChI is InChI=1S/C27H27N11O3S2/c1-16-10-12-21(13-11-16)36(18(3)25(40)41)17(2)24(39)29-20-7-5-9-23(15-20)38-27(31-33-35-38)43-42-26-30-32-34-37(26)22-8-4-6-19(28)14-22/h4-15,17-18H,28H2,1-3H3,(H,29,39)(H,40,41). The summed E-state index contributed by atoms with van der Waals surface area (Å²) in [6.07, 6.45) is 0. The second kappa shape index (κ2) is 12.9. The number of carboxylic acids is 1. The molecule has 2 heterocycles. The lowest BCUT2D eigenvalue weighted by atomic mass is 10.1. The number of nitrogens with two attached hydrogens (primary N) is 1. The highest BCUT2D eigenvalue weighted by Gasteiger charge is 2.30. The van der Waals surface area contributed by atoms with Crippen LogP contribution in [0, 0.1) is 6.92 Å². The third-order valence-corrected chi connectivity index (χ3v) is 8.48. The first-order chi connectivity index (χ1) is 20.7. The normalized spacial score (nSPS) is 12.4. The van der Waals surface area contributed by atoms with Gasteiger partial charge in [0.15, 0.2) is 0 Å². The molecule has 0 radical (unpaired) electrons. The molecule has 0 saturated carbocycles. The van der Waals surface area contributed by atoms with Crippen molar-refractivity contribution in [1.29, 1.82) is 0 Å². The van der Waals surface area contributed by atoms with Crippen molar-refractivity contribution >= 4 is 50.5 Å². The van der Waals surface area contributed by atoms with Crippen molar-refractivity contribution in [3.05, 3.63) is 78.4 Å². The number of hydrogen-bond acceptors (Lipinski definition) is 12. The number of hydrogen-bond donors (Lipinski definition) is 3. The first-order valence-electron chi connectivity index (χ1n) is 13.0. The second-order valence-electron chi connectivity index (χ2n) is 9.48. The minimum Gasteiger partial charge on any atom is -0.480 e. The van der Waals surface area contributed by atoms with E-state index in [4.69, 9.17) is 5.73 Å². The van der Waals surface area contributed by atoms with E-state index < -0.39 is 18.1 Å². The van der Waals surface area contributed by atoms with Crippen molar-refractivity contribution in [3.63, 3.8) is 0 Å². The van der Waals surface area contributed by atoms with E-state index in [1.165, 1.54) is 26.3 Å². The van der Waals surface area contributed by atoms with E-state index >= 15 is 0 Å². The number of rotatable bonds is 11. The average molecular weight is 618 g/mol. The lowest BCUT2D eigenvalue weighted by Crippen LogP contribution is -2.50. The third kappa shape index (κ3) is 6.76. The number of aryl methyl sites for hydroxylation is 1. The number of tetrazole rings is 2. The molecule has 2 aromatic heterocycles. The van der Waals surface area contributed by atoms with Gasteiger partial charge in [-0.3, -0.25) is 4.79 Å². The van der Waals surface area contributed by atoms with Gasteiger partial charge in [0.05, 0.1) is 11.4 Å². The Morgan fingerprint density at radius 2 is 1.44 bits per heavy atom. The number of carbonyl (C=O) groups is 2. The van der Waals surface area contributed by atoms with Crippen LogP contribution in [0.4, 0.5) is 17.1 Å². The fourth-order valence-corrected chi connectivity index (χ4v) is 6.01. The molecule has 0 aliphatic heterocycles. The fraction of sp³-hybridized carbons (Fsp3) is 0.185. The summed E-state index contributed by atoms with van der Waals surface area (Å²) in [7, 11) is 2.51. The fourth-order valence-electron chi connectivity index (χ4n) is 4.22. The molecule has 0 aliphatic rings. The quantitative estimate of drug-likeness (QED) is 0.144. The number of carbonyl (C=O) groups excluding carboxylic acids is 1. The summed E-state index contributed by atoms with van der Waals surface area (Å²) < 4.78 is 3.08. The first kappa shape index (κ1) is 29.5. The predicted molar refractivity (Wildman–Crippen MR) is 163 cm³/mol. The summed E-state index contributed by atoms with van der Waals surface area (Å²) in [5.74, 6) is -1.41. The molecule has 2 atom stereocenters. The summed E-state index contributed by atoms with van der Waals surface area (Å²) in [6.45, 7) is 5.16. The van der Waals surface area contributed by atoms with Crippen LogP contribution >= 0.6 is 21.6 Å². The SMILES string of the molecule is Cc1ccc(N(C(C)C(=O)O)C(C)C(=O)Nc2cccc(-n3nnnc3SSc3nnnn3-c3cccc(N)c3)c2)cc1. The number of carboxylic acid groups (broad SMARTS) is 1. The van der Waals surface area contributed by atoms with E-state index in [0.717, 1.165) is 5.56 Å². The van der Waals surface area contributed by atoms with Crippen molar-refractivity contribution in [2.24, 2.45) is 0 Å². The number of benzene rings is 3. The van der Waals surface area contributed by atoms with Gasteiger partial charge in [-0.05, 0) is 112 Å². The van der Waals surface area contributed by atoms with Crippen molar-refractivity contribution in [2.75, 3.05) is 16.0 Å². The number of nitrogens with one attached hydrogen (secondary N) is 1. The maximum atomic E-state index is 13.4. The molecule has 0 fully saturated rings. The molecular formula is C27H27N11O3S2. The van der Waals surface area contributed by atoms with Crippen LogP contribution in [0.2, 0.25) is 0 Å². The minimum absolute atomic E-state index is 0.374. The van der Waals surface area contributed by atoms with Gasteiger partial charge in [-0.25, -0.2) is 4.79 Å². The van der Waals surface area contributed by atoms with Gasteiger partial charge in [0.2, 0.25) is 16.2 Å². The number of anilines is 3. The molecule has 0 saturated heterocycles. The highest BCUT2D eigenvalue weighted by atomic mass is 33.1. The van der Waals surface area contributed by atoms with Gasteiger partial charge in [-0.1, -0.05) is 29.8 Å². The molecule has 2 unspecified atom stereocenters. The molecule has 0 bridgehead atoms. The van der Waals surface area contributed by atoms with E-state index in [9.17, 15) is 14.7 Å². The average Bonchev–Trinajstić information content (AvgIpc) is 3.67. The Morgan fingerprint density at radius 3 is 2.02 bits per heavy atom.